The van der Waals surface area contributed by atoms with E-state index in [1.807, 2.05) is 91.0 Å². The molecule has 0 amide bonds. The third kappa shape index (κ3) is 8.11. The van der Waals surface area contributed by atoms with Gasteiger partial charge in [0.25, 0.3) is 0 Å². The van der Waals surface area contributed by atoms with Gasteiger partial charge in [0.2, 0.25) is 6.29 Å². The van der Waals surface area contributed by atoms with Crippen LogP contribution in [-0.2, 0) is 57.8 Å². The van der Waals surface area contributed by atoms with E-state index in [4.69, 9.17) is 28.4 Å². The molecule has 3 aromatic carbocycles. The Morgan fingerprint density at radius 2 is 1.32 bits per heavy atom. The van der Waals surface area contributed by atoms with Gasteiger partial charge < -0.3 is 28.4 Å². The van der Waals surface area contributed by atoms with Crippen LogP contribution in [0.1, 0.15) is 30.5 Å². The van der Waals surface area contributed by atoms with Crippen molar-refractivity contribution in [2.45, 2.75) is 63.9 Å². The highest BCUT2D eigenvalue weighted by Crippen LogP contribution is 2.42. The second-order valence-corrected chi connectivity index (χ2v) is 9.73. The zero-order valence-corrected chi connectivity index (χ0v) is 23.3. The number of hydrogen-bond donors (Lipinski definition) is 0. The molecule has 1 heterocycles. The topological polar surface area (TPSA) is 89.5 Å². The molecule has 4 rings (SSSR count). The number of carbonyl (C=O) groups excluding carboxylic acids is 2. The minimum atomic E-state index is -1.45. The Morgan fingerprint density at radius 1 is 0.805 bits per heavy atom. The summed E-state index contributed by atoms with van der Waals surface area (Å²) in [5, 5.41) is 0. The van der Waals surface area contributed by atoms with E-state index >= 15 is 0 Å². The van der Waals surface area contributed by atoms with E-state index in [1.165, 1.54) is 19.9 Å². The fourth-order valence-electron chi connectivity index (χ4n) is 4.76. The van der Waals surface area contributed by atoms with Gasteiger partial charge in [0.1, 0.15) is 12.2 Å². The standard InChI is InChI=1S/C33H36O8/c1-4-33(38-22-28-18-12-7-13-19-28)30(41-32(40-25(3)35)31(33)39-24(2)34)29(37-21-27-16-10-6-11-17-27)23-36-20-26-14-8-5-9-15-26/h4-19,29-32H,1,20-23H2,2-3H3/t29-,30-,31+,32?,33-/m1/s1. The second-order valence-electron chi connectivity index (χ2n) is 9.73. The Bertz CT molecular complexity index is 1250. The molecule has 0 saturated carbocycles. The largest absolute Gasteiger partial charge is 0.452 e. The Morgan fingerprint density at radius 3 is 1.83 bits per heavy atom. The van der Waals surface area contributed by atoms with Crippen molar-refractivity contribution in [2.75, 3.05) is 6.61 Å². The lowest BCUT2D eigenvalue weighted by atomic mass is 9.88. The summed E-state index contributed by atoms with van der Waals surface area (Å²) in [6, 6.07) is 29.0. The summed E-state index contributed by atoms with van der Waals surface area (Å²) in [5.41, 5.74) is 1.37. The molecule has 8 nitrogen and oxygen atoms in total. The van der Waals surface area contributed by atoms with Gasteiger partial charge in [-0.3, -0.25) is 9.59 Å². The van der Waals surface area contributed by atoms with Gasteiger partial charge in [0, 0.05) is 13.8 Å². The number of hydrogen-bond acceptors (Lipinski definition) is 8. The minimum absolute atomic E-state index is 0.107. The molecule has 0 N–H and O–H groups in total. The quantitative estimate of drug-likeness (QED) is 0.198. The third-order valence-corrected chi connectivity index (χ3v) is 6.68. The van der Waals surface area contributed by atoms with Crippen LogP contribution in [0.25, 0.3) is 0 Å². The molecule has 1 fully saturated rings. The summed E-state index contributed by atoms with van der Waals surface area (Å²) < 4.78 is 36.5. The first-order valence-corrected chi connectivity index (χ1v) is 13.5. The first-order valence-electron chi connectivity index (χ1n) is 13.5. The van der Waals surface area contributed by atoms with E-state index in [2.05, 4.69) is 6.58 Å². The van der Waals surface area contributed by atoms with Crippen LogP contribution >= 0.6 is 0 Å². The molecule has 0 radical (unpaired) electrons. The van der Waals surface area contributed by atoms with Gasteiger partial charge in [0.05, 0.1) is 26.4 Å². The van der Waals surface area contributed by atoms with Crippen molar-refractivity contribution in [3.05, 3.63) is 120 Å². The van der Waals surface area contributed by atoms with Crippen molar-refractivity contribution in [3.63, 3.8) is 0 Å². The Kier molecular flexibility index (Phi) is 10.8. The molecule has 0 spiro atoms. The molecule has 1 aliphatic rings. The molecule has 5 atom stereocenters. The average Bonchev–Trinajstić information content (AvgIpc) is 3.26. The molecule has 1 aliphatic heterocycles. The van der Waals surface area contributed by atoms with E-state index in [1.54, 1.807) is 0 Å². The molecular formula is C33H36O8. The predicted octanol–water partition coefficient (Wildman–Crippen LogP) is 5.15. The first-order chi connectivity index (χ1) is 19.9. The monoisotopic (exact) mass is 560 g/mol. The van der Waals surface area contributed by atoms with Crippen LogP contribution in [0.3, 0.4) is 0 Å². The highest BCUT2D eigenvalue weighted by Gasteiger charge is 2.62. The summed E-state index contributed by atoms with van der Waals surface area (Å²) in [6.45, 7) is 7.42. The summed E-state index contributed by atoms with van der Waals surface area (Å²) in [4.78, 5) is 24.3. The Labute approximate surface area is 240 Å². The molecule has 3 aromatic rings. The zero-order chi connectivity index (χ0) is 29.1. The molecule has 0 aromatic heterocycles. The molecule has 1 unspecified atom stereocenters. The number of rotatable bonds is 14. The maximum Gasteiger partial charge on any atom is 0.305 e. The van der Waals surface area contributed by atoms with Crippen molar-refractivity contribution >= 4 is 11.9 Å². The maximum atomic E-state index is 12.3. The summed E-state index contributed by atoms with van der Waals surface area (Å²) in [6.07, 6.45) is -2.52. The van der Waals surface area contributed by atoms with Gasteiger partial charge in [-0.15, -0.1) is 0 Å². The van der Waals surface area contributed by atoms with Crippen molar-refractivity contribution in [1.29, 1.82) is 0 Å². The van der Waals surface area contributed by atoms with Crippen molar-refractivity contribution in [2.24, 2.45) is 0 Å². The fourth-order valence-corrected chi connectivity index (χ4v) is 4.76. The van der Waals surface area contributed by atoms with Crippen LogP contribution < -0.4 is 0 Å². The van der Waals surface area contributed by atoms with Crippen LogP contribution in [0.15, 0.2) is 104 Å². The van der Waals surface area contributed by atoms with Crippen LogP contribution in [0.2, 0.25) is 0 Å². The third-order valence-electron chi connectivity index (χ3n) is 6.68. The van der Waals surface area contributed by atoms with Gasteiger partial charge in [-0.25, -0.2) is 0 Å². The van der Waals surface area contributed by atoms with Crippen LogP contribution in [0.5, 0.6) is 0 Å². The summed E-state index contributed by atoms with van der Waals surface area (Å²) in [5.74, 6) is -1.19. The number of carbonyl (C=O) groups is 2. The average molecular weight is 561 g/mol. The Balaban J connectivity index is 1.67. The van der Waals surface area contributed by atoms with Gasteiger partial charge >= 0.3 is 11.9 Å². The smallest absolute Gasteiger partial charge is 0.305 e. The lowest BCUT2D eigenvalue weighted by Crippen LogP contribution is -2.55. The normalized spacial score (nSPS) is 22.5. The predicted molar refractivity (Wildman–Crippen MR) is 151 cm³/mol. The van der Waals surface area contributed by atoms with Crippen molar-refractivity contribution < 1.29 is 38.0 Å². The molecule has 41 heavy (non-hydrogen) atoms. The van der Waals surface area contributed by atoms with Crippen LogP contribution in [-0.4, -0.2) is 48.7 Å². The highest BCUT2D eigenvalue weighted by molar-refractivity contribution is 5.67. The van der Waals surface area contributed by atoms with E-state index in [-0.39, 0.29) is 19.8 Å². The zero-order valence-electron chi connectivity index (χ0n) is 23.3. The molecule has 0 bridgehead atoms. The molecular weight excluding hydrogens is 524 g/mol. The van der Waals surface area contributed by atoms with E-state index in [9.17, 15) is 9.59 Å². The van der Waals surface area contributed by atoms with Crippen molar-refractivity contribution in [3.8, 4) is 0 Å². The van der Waals surface area contributed by atoms with E-state index in [0.717, 1.165) is 16.7 Å². The number of ether oxygens (including phenoxy) is 6. The van der Waals surface area contributed by atoms with E-state index in [0.29, 0.717) is 6.61 Å². The summed E-state index contributed by atoms with van der Waals surface area (Å²) >= 11 is 0. The number of esters is 2. The lowest BCUT2D eigenvalue weighted by Gasteiger charge is -2.38. The van der Waals surface area contributed by atoms with Crippen LogP contribution in [0.4, 0.5) is 0 Å². The molecule has 8 heteroatoms. The Hall–Kier alpha value is -3.82. The van der Waals surface area contributed by atoms with E-state index < -0.39 is 42.1 Å². The first kappa shape index (κ1) is 30.1. The fraction of sp³-hybridized carbons (Fsp3) is 0.333. The number of benzene rings is 3. The highest BCUT2D eigenvalue weighted by atomic mass is 16.8. The van der Waals surface area contributed by atoms with Crippen molar-refractivity contribution in [1.82, 2.24) is 0 Å². The van der Waals surface area contributed by atoms with Gasteiger partial charge in [-0.2, -0.15) is 0 Å². The van der Waals surface area contributed by atoms with Crippen LogP contribution in [0, 0.1) is 0 Å². The minimum Gasteiger partial charge on any atom is -0.452 e. The maximum absolute atomic E-state index is 12.3. The van der Waals surface area contributed by atoms with Gasteiger partial charge in [-0.1, -0.05) is 104 Å². The SMILES string of the molecule is C=C[C@@]1(OCc2ccccc2)[C@@H]([C@@H](COCc2ccccc2)OCc2ccccc2)OC(OC(C)=O)[C@@H]1OC(C)=O. The molecule has 0 aliphatic carbocycles. The summed E-state index contributed by atoms with van der Waals surface area (Å²) in [7, 11) is 0. The molecule has 216 valence electrons. The lowest BCUT2D eigenvalue weighted by molar-refractivity contribution is -0.203. The molecule has 1 saturated heterocycles. The van der Waals surface area contributed by atoms with Gasteiger partial charge in [0.15, 0.2) is 11.7 Å². The second kappa shape index (κ2) is 14.7. The van der Waals surface area contributed by atoms with Gasteiger partial charge in [-0.05, 0) is 16.7 Å².